The predicted octanol–water partition coefficient (Wildman–Crippen LogP) is 1.37. The first kappa shape index (κ1) is 10.6. The Hall–Kier alpha value is -0.500. The zero-order chi connectivity index (χ0) is 10.1. The van der Waals surface area contributed by atoms with E-state index in [-0.39, 0.29) is 11.4 Å². The standard InChI is InChI=1S/C7H8INO3S/c1-13(11,12)9-6-3-2-5(8)4-7(6)10/h2-4,9-10H,1H3. The van der Waals surface area contributed by atoms with Crippen LogP contribution >= 0.6 is 22.6 Å². The number of phenolic OH excluding ortho intramolecular Hbond substituents is 1. The highest BCUT2D eigenvalue weighted by atomic mass is 127. The van der Waals surface area contributed by atoms with E-state index in [9.17, 15) is 13.5 Å². The third-order valence-corrected chi connectivity index (χ3v) is 2.52. The molecule has 0 aliphatic carbocycles. The number of hydrogen-bond donors (Lipinski definition) is 2. The zero-order valence-corrected chi connectivity index (χ0v) is 9.76. The number of sulfonamides is 1. The van der Waals surface area contributed by atoms with E-state index in [0.29, 0.717) is 0 Å². The maximum absolute atomic E-state index is 10.8. The molecule has 72 valence electrons. The monoisotopic (exact) mass is 313 g/mol. The van der Waals surface area contributed by atoms with Gasteiger partial charge in [0.1, 0.15) is 5.75 Å². The summed E-state index contributed by atoms with van der Waals surface area (Å²) < 4.78 is 24.7. The number of rotatable bonds is 2. The van der Waals surface area contributed by atoms with Gasteiger partial charge >= 0.3 is 0 Å². The molecule has 0 saturated heterocycles. The van der Waals surface area contributed by atoms with E-state index in [1.54, 1.807) is 6.07 Å². The maximum Gasteiger partial charge on any atom is 0.229 e. The normalized spacial score (nSPS) is 11.2. The molecule has 0 amide bonds. The average molecular weight is 313 g/mol. The lowest BCUT2D eigenvalue weighted by atomic mass is 10.3. The summed E-state index contributed by atoms with van der Waals surface area (Å²) in [4.78, 5) is 0. The summed E-state index contributed by atoms with van der Waals surface area (Å²) in [5.74, 6) is -0.0719. The van der Waals surface area contributed by atoms with Crippen molar-refractivity contribution in [3.8, 4) is 5.75 Å². The lowest BCUT2D eigenvalue weighted by Gasteiger charge is -2.05. The second kappa shape index (κ2) is 3.70. The first-order chi connectivity index (χ1) is 5.88. The third kappa shape index (κ3) is 3.39. The molecule has 0 fully saturated rings. The third-order valence-electron chi connectivity index (χ3n) is 1.26. The minimum absolute atomic E-state index is 0.0719. The summed E-state index contributed by atoms with van der Waals surface area (Å²) in [5.41, 5.74) is 0.197. The minimum Gasteiger partial charge on any atom is -0.506 e. The van der Waals surface area contributed by atoms with Gasteiger partial charge in [0.15, 0.2) is 0 Å². The topological polar surface area (TPSA) is 66.4 Å². The highest BCUT2D eigenvalue weighted by molar-refractivity contribution is 14.1. The predicted molar refractivity (Wildman–Crippen MR) is 59.3 cm³/mol. The van der Waals surface area contributed by atoms with Crippen LogP contribution in [0.15, 0.2) is 18.2 Å². The van der Waals surface area contributed by atoms with Crippen molar-refractivity contribution in [2.45, 2.75) is 0 Å². The fourth-order valence-corrected chi connectivity index (χ4v) is 1.84. The molecular formula is C7H8INO3S. The number of hydrogen-bond acceptors (Lipinski definition) is 3. The van der Waals surface area contributed by atoms with Gasteiger partial charge in [0.2, 0.25) is 10.0 Å². The Bertz CT molecular complexity index is 416. The molecule has 0 bridgehead atoms. The van der Waals surface area contributed by atoms with Crippen LogP contribution in [0.4, 0.5) is 5.69 Å². The summed E-state index contributed by atoms with van der Waals surface area (Å²) in [6.45, 7) is 0. The molecule has 1 aromatic carbocycles. The highest BCUT2D eigenvalue weighted by Gasteiger charge is 2.06. The molecule has 0 unspecified atom stereocenters. The number of benzene rings is 1. The molecule has 0 saturated carbocycles. The van der Waals surface area contributed by atoms with Gasteiger partial charge < -0.3 is 5.11 Å². The molecule has 0 spiro atoms. The van der Waals surface area contributed by atoms with E-state index < -0.39 is 10.0 Å². The Morgan fingerprint density at radius 2 is 2.08 bits per heavy atom. The van der Waals surface area contributed by atoms with Crippen LogP contribution < -0.4 is 4.72 Å². The van der Waals surface area contributed by atoms with Crippen LogP contribution in [-0.2, 0) is 10.0 Å². The summed E-state index contributed by atoms with van der Waals surface area (Å²) in [5, 5.41) is 9.32. The molecule has 0 aliphatic rings. The Balaban J connectivity index is 3.04. The fraction of sp³-hybridized carbons (Fsp3) is 0.143. The molecule has 0 aromatic heterocycles. The van der Waals surface area contributed by atoms with Gasteiger partial charge in [-0.15, -0.1) is 0 Å². The lowest BCUT2D eigenvalue weighted by molar-refractivity contribution is 0.477. The van der Waals surface area contributed by atoms with Crippen LogP contribution in [0.3, 0.4) is 0 Å². The van der Waals surface area contributed by atoms with Crippen molar-refractivity contribution in [1.82, 2.24) is 0 Å². The minimum atomic E-state index is -3.32. The molecule has 13 heavy (non-hydrogen) atoms. The van der Waals surface area contributed by atoms with Crippen LogP contribution in [0, 0.1) is 3.57 Å². The second-order valence-corrected chi connectivity index (χ2v) is 5.53. The number of anilines is 1. The molecule has 0 aliphatic heterocycles. The average Bonchev–Trinajstić information content (AvgIpc) is 1.93. The van der Waals surface area contributed by atoms with E-state index in [1.165, 1.54) is 12.1 Å². The molecule has 2 N–H and O–H groups in total. The van der Waals surface area contributed by atoms with Crippen molar-refractivity contribution in [3.63, 3.8) is 0 Å². The van der Waals surface area contributed by atoms with E-state index in [4.69, 9.17) is 0 Å². The van der Waals surface area contributed by atoms with E-state index in [0.717, 1.165) is 9.83 Å². The molecule has 0 atom stereocenters. The maximum atomic E-state index is 10.8. The number of halogens is 1. The van der Waals surface area contributed by atoms with Gasteiger partial charge in [0, 0.05) is 3.57 Å². The van der Waals surface area contributed by atoms with Gasteiger partial charge in [0.05, 0.1) is 11.9 Å². The highest BCUT2D eigenvalue weighted by Crippen LogP contribution is 2.25. The fourth-order valence-electron chi connectivity index (χ4n) is 0.791. The summed E-state index contributed by atoms with van der Waals surface area (Å²) >= 11 is 2.02. The molecule has 0 heterocycles. The second-order valence-electron chi connectivity index (χ2n) is 2.54. The van der Waals surface area contributed by atoms with Gasteiger partial charge in [-0.05, 0) is 40.8 Å². The quantitative estimate of drug-likeness (QED) is 0.640. The Morgan fingerprint density at radius 3 is 2.54 bits per heavy atom. The Kier molecular flexibility index (Phi) is 3.01. The van der Waals surface area contributed by atoms with Crippen LogP contribution in [0.25, 0.3) is 0 Å². The molecular weight excluding hydrogens is 305 g/mol. The molecule has 6 heteroatoms. The molecule has 1 aromatic rings. The van der Waals surface area contributed by atoms with Gasteiger partial charge in [0.25, 0.3) is 0 Å². The number of nitrogens with one attached hydrogen (secondary N) is 1. The van der Waals surface area contributed by atoms with Gasteiger partial charge in [-0.2, -0.15) is 0 Å². The van der Waals surface area contributed by atoms with E-state index in [2.05, 4.69) is 4.72 Å². The molecule has 4 nitrogen and oxygen atoms in total. The Labute approximate surface area is 90.2 Å². The summed E-state index contributed by atoms with van der Waals surface area (Å²) in [6.07, 6.45) is 1.03. The first-order valence-corrected chi connectivity index (χ1v) is 6.32. The number of phenols is 1. The van der Waals surface area contributed by atoms with Crippen molar-refractivity contribution < 1.29 is 13.5 Å². The van der Waals surface area contributed by atoms with Crippen LogP contribution in [0.1, 0.15) is 0 Å². The molecule has 0 radical (unpaired) electrons. The largest absolute Gasteiger partial charge is 0.506 e. The Morgan fingerprint density at radius 1 is 1.46 bits per heavy atom. The van der Waals surface area contributed by atoms with Crippen molar-refractivity contribution >= 4 is 38.3 Å². The molecule has 1 rings (SSSR count). The van der Waals surface area contributed by atoms with Crippen LogP contribution in [0.5, 0.6) is 5.75 Å². The SMILES string of the molecule is CS(=O)(=O)Nc1ccc(I)cc1O. The van der Waals surface area contributed by atoms with Crippen LogP contribution in [-0.4, -0.2) is 19.8 Å². The van der Waals surface area contributed by atoms with E-state index in [1.807, 2.05) is 22.6 Å². The van der Waals surface area contributed by atoms with Gasteiger partial charge in [-0.3, -0.25) is 4.72 Å². The zero-order valence-electron chi connectivity index (χ0n) is 6.78. The first-order valence-electron chi connectivity index (χ1n) is 3.35. The summed E-state index contributed by atoms with van der Waals surface area (Å²) in [6, 6.07) is 4.69. The van der Waals surface area contributed by atoms with E-state index >= 15 is 0 Å². The van der Waals surface area contributed by atoms with Crippen molar-refractivity contribution in [1.29, 1.82) is 0 Å². The van der Waals surface area contributed by atoms with Gasteiger partial charge in [-0.25, -0.2) is 8.42 Å². The van der Waals surface area contributed by atoms with Crippen LogP contribution in [0.2, 0.25) is 0 Å². The smallest absolute Gasteiger partial charge is 0.229 e. The van der Waals surface area contributed by atoms with Crippen molar-refractivity contribution in [2.24, 2.45) is 0 Å². The van der Waals surface area contributed by atoms with Gasteiger partial charge in [-0.1, -0.05) is 0 Å². The van der Waals surface area contributed by atoms with Crippen molar-refractivity contribution in [3.05, 3.63) is 21.8 Å². The van der Waals surface area contributed by atoms with Crippen molar-refractivity contribution in [2.75, 3.05) is 11.0 Å². The number of aromatic hydroxyl groups is 1. The summed E-state index contributed by atoms with van der Waals surface area (Å²) in [7, 11) is -3.32. The lowest BCUT2D eigenvalue weighted by Crippen LogP contribution is -2.09.